The minimum absolute atomic E-state index is 0.0128. The van der Waals surface area contributed by atoms with Gasteiger partial charge in [0.05, 0.1) is 4.92 Å². The molecule has 0 atom stereocenters. The predicted octanol–water partition coefficient (Wildman–Crippen LogP) is 3.43. The van der Waals surface area contributed by atoms with Crippen molar-refractivity contribution in [3.63, 3.8) is 0 Å². The van der Waals surface area contributed by atoms with Gasteiger partial charge in [-0.05, 0) is 12.1 Å². The maximum atomic E-state index is 11.0. The SMILES string of the molecule is C=CCN(CC=C)c1ccc(Cl)cc1[N+](=O)[O-]. The molecule has 0 heterocycles. The van der Waals surface area contributed by atoms with E-state index in [1.165, 1.54) is 6.07 Å². The Morgan fingerprint density at radius 3 is 2.41 bits per heavy atom. The topological polar surface area (TPSA) is 46.4 Å². The van der Waals surface area contributed by atoms with Gasteiger partial charge in [0.25, 0.3) is 5.69 Å². The standard InChI is InChI=1S/C12H13ClN2O2/c1-3-7-14(8-4-2)11-6-5-10(13)9-12(11)15(16)17/h3-6,9H,1-2,7-8H2. The highest BCUT2D eigenvalue weighted by Gasteiger charge is 2.18. The molecule has 0 unspecified atom stereocenters. The van der Waals surface area contributed by atoms with Gasteiger partial charge >= 0.3 is 0 Å². The lowest BCUT2D eigenvalue weighted by atomic mass is 10.2. The molecule has 0 saturated heterocycles. The molecule has 0 bridgehead atoms. The molecule has 1 aromatic carbocycles. The van der Waals surface area contributed by atoms with Crippen LogP contribution in [0.25, 0.3) is 0 Å². The fourth-order valence-corrected chi connectivity index (χ4v) is 1.66. The van der Waals surface area contributed by atoms with Crippen molar-refractivity contribution in [1.82, 2.24) is 0 Å². The summed E-state index contributed by atoms with van der Waals surface area (Å²) in [7, 11) is 0. The van der Waals surface area contributed by atoms with E-state index in [-0.39, 0.29) is 5.69 Å². The van der Waals surface area contributed by atoms with Gasteiger partial charge in [-0.1, -0.05) is 23.8 Å². The fourth-order valence-electron chi connectivity index (χ4n) is 1.49. The molecular weight excluding hydrogens is 240 g/mol. The zero-order chi connectivity index (χ0) is 12.8. The predicted molar refractivity (Wildman–Crippen MR) is 70.7 cm³/mol. The van der Waals surface area contributed by atoms with Crippen LogP contribution in [-0.4, -0.2) is 18.0 Å². The summed E-state index contributed by atoms with van der Waals surface area (Å²) >= 11 is 5.76. The van der Waals surface area contributed by atoms with Crippen LogP contribution in [0.3, 0.4) is 0 Å². The van der Waals surface area contributed by atoms with E-state index < -0.39 is 4.92 Å². The Bertz CT molecular complexity index is 436. The molecule has 0 fully saturated rings. The average molecular weight is 253 g/mol. The molecule has 0 N–H and O–H groups in total. The number of rotatable bonds is 6. The van der Waals surface area contributed by atoms with Crippen molar-refractivity contribution < 1.29 is 4.92 Å². The van der Waals surface area contributed by atoms with Crippen molar-refractivity contribution >= 4 is 23.0 Å². The first-order valence-electron chi connectivity index (χ1n) is 5.00. The maximum absolute atomic E-state index is 11.0. The summed E-state index contributed by atoms with van der Waals surface area (Å²) in [5.41, 5.74) is 0.500. The number of hydrogen-bond donors (Lipinski definition) is 0. The molecule has 5 heteroatoms. The van der Waals surface area contributed by atoms with Crippen molar-refractivity contribution in [3.05, 3.63) is 58.6 Å². The maximum Gasteiger partial charge on any atom is 0.294 e. The Labute approximate surface area is 105 Å². The Morgan fingerprint density at radius 2 is 1.94 bits per heavy atom. The summed E-state index contributed by atoms with van der Waals surface area (Å²) in [5, 5.41) is 11.3. The van der Waals surface area contributed by atoms with Crippen LogP contribution in [0.15, 0.2) is 43.5 Å². The van der Waals surface area contributed by atoms with E-state index >= 15 is 0 Å². The van der Waals surface area contributed by atoms with E-state index in [2.05, 4.69) is 13.2 Å². The van der Waals surface area contributed by atoms with Gasteiger partial charge in [-0.3, -0.25) is 10.1 Å². The monoisotopic (exact) mass is 252 g/mol. The Morgan fingerprint density at radius 1 is 1.35 bits per heavy atom. The third-order valence-electron chi connectivity index (χ3n) is 2.17. The Kier molecular flexibility index (Phi) is 4.72. The van der Waals surface area contributed by atoms with Crippen LogP contribution in [0.1, 0.15) is 0 Å². The summed E-state index contributed by atoms with van der Waals surface area (Å²) < 4.78 is 0. The quantitative estimate of drug-likeness (QED) is 0.443. The lowest BCUT2D eigenvalue weighted by molar-refractivity contribution is -0.384. The third kappa shape index (κ3) is 3.32. The van der Waals surface area contributed by atoms with Gasteiger partial charge in [-0.2, -0.15) is 0 Å². The second-order valence-corrected chi connectivity index (χ2v) is 3.81. The highest BCUT2D eigenvalue weighted by Crippen LogP contribution is 2.30. The van der Waals surface area contributed by atoms with Crippen LogP contribution in [-0.2, 0) is 0 Å². The van der Waals surface area contributed by atoms with Gasteiger partial charge in [0.1, 0.15) is 5.69 Å². The molecule has 0 aliphatic carbocycles. The summed E-state index contributed by atoms with van der Waals surface area (Å²) in [6, 6.07) is 4.60. The number of nitrogens with zero attached hydrogens (tertiary/aromatic N) is 2. The molecule has 0 aromatic heterocycles. The van der Waals surface area contributed by atoms with Crippen molar-refractivity contribution in [2.24, 2.45) is 0 Å². The molecule has 0 saturated carbocycles. The average Bonchev–Trinajstić information content (AvgIpc) is 2.28. The van der Waals surface area contributed by atoms with Crippen LogP contribution in [0.2, 0.25) is 5.02 Å². The second-order valence-electron chi connectivity index (χ2n) is 3.37. The molecule has 1 aromatic rings. The van der Waals surface area contributed by atoms with Crippen LogP contribution in [0.5, 0.6) is 0 Å². The van der Waals surface area contributed by atoms with Gasteiger partial charge in [0.2, 0.25) is 0 Å². The number of nitro groups is 1. The smallest absolute Gasteiger partial charge is 0.294 e. The summed E-state index contributed by atoms with van der Waals surface area (Å²) in [6.07, 6.45) is 3.36. The van der Waals surface area contributed by atoms with Crippen LogP contribution >= 0.6 is 11.6 Å². The highest BCUT2D eigenvalue weighted by atomic mass is 35.5. The normalized spacial score (nSPS) is 9.71. The largest absolute Gasteiger partial charge is 0.359 e. The molecular formula is C12H13ClN2O2. The van der Waals surface area contributed by atoms with Gasteiger partial charge in [0.15, 0.2) is 0 Å². The zero-order valence-corrected chi connectivity index (χ0v) is 10.1. The lowest BCUT2D eigenvalue weighted by Crippen LogP contribution is -2.23. The molecule has 0 spiro atoms. The van der Waals surface area contributed by atoms with Crippen LogP contribution in [0.4, 0.5) is 11.4 Å². The van der Waals surface area contributed by atoms with Gasteiger partial charge in [0, 0.05) is 24.2 Å². The summed E-state index contributed by atoms with van der Waals surface area (Å²) in [4.78, 5) is 12.3. The van der Waals surface area contributed by atoms with Crippen LogP contribution in [0, 0.1) is 10.1 Å². The molecule has 0 aliphatic rings. The Balaban J connectivity index is 3.20. The van der Waals surface area contributed by atoms with Gasteiger partial charge in [-0.15, -0.1) is 13.2 Å². The Hall–Kier alpha value is -1.81. The second kappa shape index (κ2) is 6.06. The first-order chi connectivity index (χ1) is 8.10. The van der Waals surface area contributed by atoms with Crippen LogP contribution < -0.4 is 4.90 Å². The van der Waals surface area contributed by atoms with Crippen molar-refractivity contribution in [1.29, 1.82) is 0 Å². The van der Waals surface area contributed by atoms with E-state index in [0.717, 1.165) is 0 Å². The number of benzene rings is 1. The molecule has 0 amide bonds. The number of halogens is 1. The van der Waals surface area contributed by atoms with Crippen molar-refractivity contribution in [2.75, 3.05) is 18.0 Å². The molecule has 0 radical (unpaired) electrons. The van der Waals surface area contributed by atoms with E-state index in [4.69, 9.17) is 11.6 Å². The molecule has 0 aliphatic heterocycles. The molecule has 17 heavy (non-hydrogen) atoms. The van der Waals surface area contributed by atoms with Gasteiger partial charge in [-0.25, -0.2) is 0 Å². The van der Waals surface area contributed by atoms with E-state index in [0.29, 0.717) is 23.8 Å². The third-order valence-corrected chi connectivity index (χ3v) is 2.41. The molecule has 1 rings (SSSR count). The number of hydrogen-bond acceptors (Lipinski definition) is 3. The van der Waals surface area contributed by atoms with E-state index in [9.17, 15) is 10.1 Å². The van der Waals surface area contributed by atoms with Crippen molar-refractivity contribution in [3.8, 4) is 0 Å². The van der Waals surface area contributed by atoms with E-state index in [1.807, 2.05) is 0 Å². The first kappa shape index (κ1) is 13.3. The zero-order valence-electron chi connectivity index (χ0n) is 9.30. The van der Waals surface area contributed by atoms with Gasteiger partial charge < -0.3 is 4.90 Å². The number of anilines is 1. The summed E-state index contributed by atoms with van der Waals surface area (Å²) in [6.45, 7) is 8.27. The van der Waals surface area contributed by atoms with E-state index in [1.54, 1.807) is 29.2 Å². The summed E-state index contributed by atoms with van der Waals surface area (Å²) in [5.74, 6) is 0. The van der Waals surface area contributed by atoms with Crippen molar-refractivity contribution in [2.45, 2.75) is 0 Å². The lowest BCUT2D eigenvalue weighted by Gasteiger charge is -2.21. The number of nitro benzene ring substituents is 1. The minimum Gasteiger partial charge on any atom is -0.359 e. The molecule has 4 nitrogen and oxygen atoms in total. The first-order valence-corrected chi connectivity index (χ1v) is 5.38. The molecule has 90 valence electrons. The fraction of sp³-hybridized carbons (Fsp3) is 0.167. The minimum atomic E-state index is -0.444. The highest BCUT2D eigenvalue weighted by molar-refractivity contribution is 6.30.